The van der Waals surface area contributed by atoms with Crippen molar-refractivity contribution in [2.24, 2.45) is 5.41 Å². The van der Waals surface area contributed by atoms with E-state index in [0.29, 0.717) is 38.2 Å². The summed E-state index contributed by atoms with van der Waals surface area (Å²) in [7, 11) is 1.65. The van der Waals surface area contributed by atoms with E-state index in [1.54, 1.807) is 32.4 Å². The molecule has 33 heavy (non-hydrogen) atoms. The molecule has 1 heterocycles. The number of aromatic nitrogens is 2. The van der Waals surface area contributed by atoms with Gasteiger partial charge in [0.15, 0.2) is 0 Å². The Labute approximate surface area is 192 Å². The molecule has 1 aromatic heterocycles. The molecule has 0 fully saturated rings. The quantitative estimate of drug-likeness (QED) is 0.513. The first-order chi connectivity index (χ1) is 15.0. The van der Waals surface area contributed by atoms with Crippen molar-refractivity contribution in [1.82, 2.24) is 14.5 Å². The van der Waals surface area contributed by atoms with E-state index in [1.165, 1.54) is 11.0 Å². The summed E-state index contributed by atoms with van der Waals surface area (Å²) < 4.78 is 46.4. The van der Waals surface area contributed by atoms with Crippen molar-refractivity contribution in [2.45, 2.75) is 79.1 Å². The van der Waals surface area contributed by atoms with Crippen molar-refractivity contribution in [3.8, 4) is 0 Å². The number of nitrogens with zero attached hydrogens (tertiary/aromatic N) is 3. The lowest BCUT2D eigenvalue weighted by Gasteiger charge is -2.25. The second-order valence-electron chi connectivity index (χ2n) is 10.6. The summed E-state index contributed by atoms with van der Waals surface area (Å²) in [6.07, 6.45) is -3.30. The van der Waals surface area contributed by atoms with Crippen LogP contribution < -0.4 is 5.56 Å². The van der Waals surface area contributed by atoms with Crippen LogP contribution in [0.3, 0.4) is 0 Å². The molecule has 0 spiro atoms. The highest BCUT2D eigenvalue weighted by molar-refractivity contribution is 5.78. The van der Waals surface area contributed by atoms with Gasteiger partial charge in [-0.2, -0.15) is 13.2 Å². The molecule has 2 rings (SSSR count). The fraction of sp³-hybridized carbons (Fsp3) is 0.625. The van der Waals surface area contributed by atoms with Crippen LogP contribution in [0.25, 0.3) is 10.9 Å². The molecule has 0 atom stereocenters. The van der Waals surface area contributed by atoms with Crippen LogP contribution in [0.2, 0.25) is 0 Å². The number of rotatable bonds is 6. The number of carbonyl (C=O) groups excluding carboxylic acids is 1. The molecule has 2 aromatic rings. The minimum absolute atomic E-state index is 0.0425. The Bertz CT molecular complexity index is 1050. The van der Waals surface area contributed by atoms with E-state index < -0.39 is 23.4 Å². The van der Waals surface area contributed by atoms with Gasteiger partial charge in [0.05, 0.1) is 16.5 Å². The van der Waals surface area contributed by atoms with Gasteiger partial charge in [0.25, 0.3) is 5.56 Å². The minimum atomic E-state index is -4.51. The van der Waals surface area contributed by atoms with Gasteiger partial charge < -0.3 is 9.64 Å². The summed E-state index contributed by atoms with van der Waals surface area (Å²) in [6, 6.07) is 3.04. The first kappa shape index (κ1) is 26.7. The summed E-state index contributed by atoms with van der Waals surface area (Å²) in [5.41, 5.74) is -1.94. The van der Waals surface area contributed by atoms with Gasteiger partial charge in [-0.15, -0.1) is 0 Å². The SMILES string of the molecule is CN(CCCCc1nc2cc(C(F)(F)F)ccc2c(=O)n1CC(C)(C)C)C(=O)OC(C)(C)C. The van der Waals surface area contributed by atoms with E-state index in [2.05, 4.69) is 4.98 Å². The molecule has 0 saturated carbocycles. The second kappa shape index (κ2) is 9.73. The van der Waals surface area contributed by atoms with Crippen LogP contribution in [-0.4, -0.2) is 39.7 Å². The van der Waals surface area contributed by atoms with Gasteiger partial charge in [0.2, 0.25) is 0 Å². The fourth-order valence-electron chi connectivity index (χ4n) is 3.33. The van der Waals surface area contributed by atoms with Crippen molar-refractivity contribution in [3.63, 3.8) is 0 Å². The molecule has 1 aromatic carbocycles. The lowest BCUT2D eigenvalue weighted by atomic mass is 9.96. The van der Waals surface area contributed by atoms with Crippen molar-refractivity contribution < 1.29 is 22.7 Å². The summed E-state index contributed by atoms with van der Waals surface area (Å²) in [4.78, 5) is 31.2. The number of ether oxygens (including phenoxy) is 1. The maximum absolute atomic E-state index is 13.2. The Balaban J connectivity index is 2.26. The van der Waals surface area contributed by atoms with E-state index >= 15 is 0 Å². The number of unbranched alkanes of at least 4 members (excludes halogenated alkanes) is 1. The molecule has 9 heteroatoms. The Morgan fingerprint density at radius 3 is 2.27 bits per heavy atom. The topological polar surface area (TPSA) is 64.4 Å². The third-order valence-electron chi connectivity index (χ3n) is 4.84. The van der Waals surface area contributed by atoms with Crippen molar-refractivity contribution in [3.05, 3.63) is 39.9 Å². The van der Waals surface area contributed by atoms with E-state index in [4.69, 9.17) is 4.74 Å². The standard InChI is InChI=1S/C24H34F3N3O3/c1-22(2,3)15-30-19(10-8-9-13-29(7)21(32)33-23(4,5)6)28-18-14-16(24(25,26)27)11-12-17(18)20(30)31/h11-12,14H,8-10,13,15H2,1-7H3. The summed E-state index contributed by atoms with van der Waals surface area (Å²) in [5, 5.41) is 0.167. The zero-order valence-electron chi connectivity index (χ0n) is 20.5. The monoisotopic (exact) mass is 469 g/mol. The molecular formula is C24H34F3N3O3. The van der Waals surface area contributed by atoms with E-state index in [0.717, 1.165) is 12.1 Å². The van der Waals surface area contributed by atoms with Crippen molar-refractivity contribution in [1.29, 1.82) is 0 Å². The Morgan fingerprint density at radius 1 is 1.09 bits per heavy atom. The third-order valence-corrected chi connectivity index (χ3v) is 4.84. The number of amides is 1. The fourth-order valence-corrected chi connectivity index (χ4v) is 3.33. The number of benzene rings is 1. The van der Waals surface area contributed by atoms with Gasteiger partial charge in [-0.05, 0) is 57.2 Å². The molecule has 0 aliphatic rings. The molecule has 0 unspecified atom stereocenters. The largest absolute Gasteiger partial charge is 0.444 e. The number of aryl methyl sites for hydroxylation is 1. The number of hydrogen-bond donors (Lipinski definition) is 0. The molecule has 0 N–H and O–H groups in total. The lowest BCUT2D eigenvalue weighted by molar-refractivity contribution is -0.137. The first-order valence-electron chi connectivity index (χ1n) is 11.0. The zero-order chi connectivity index (χ0) is 25.2. The molecule has 184 valence electrons. The van der Waals surface area contributed by atoms with Gasteiger partial charge in [0, 0.05) is 26.6 Å². The number of alkyl halides is 3. The summed E-state index contributed by atoms with van der Waals surface area (Å²) >= 11 is 0. The molecule has 0 bridgehead atoms. The molecule has 0 aliphatic carbocycles. The molecule has 0 radical (unpaired) electrons. The normalized spacial score (nSPS) is 12.8. The zero-order valence-corrected chi connectivity index (χ0v) is 20.5. The Morgan fingerprint density at radius 2 is 1.73 bits per heavy atom. The van der Waals surface area contributed by atoms with Crippen molar-refractivity contribution >= 4 is 17.0 Å². The van der Waals surface area contributed by atoms with Crippen LogP contribution >= 0.6 is 0 Å². The van der Waals surface area contributed by atoms with Crippen LogP contribution in [0.1, 0.15) is 65.8 Å². The van der Waals surface area contributed by atoms with Gasteiger partial charge >= 0.3 is 12.3 Å². The molecule has 1 amide bonds. The number of halogens is 3. The predicted octanol–water partition coefficient (Wildman–Crippen LogP) is 5.65. The van der Waals surface area contributed by atoms with Crippen LogP contribution in [-0.2, 0) is 23.9 Å². The van der Waals surface area contributed by atoms with Crippen LogP contribution in [0.5, 0.6) is 0 Å². The van der Waals surface area contributed by atoms with E-state index in [9.17, 15) is 22.8 Å². The van der Waals surface area contributed by atoms with Crippen molar-refractivity contribution in [2.75, 3.05) is 13.6 Å². The maximum atomic E-state index is 13.2. The third kappa shape index (κ3) is 7.75. The van der Waals surface area contributed by atoms with Crippen LogP contribution in [0.15, 0.2) is 23.0 Å². The highest BCUT2D eigenvalue weighted by atomic mass is 19.4. The summed E-state index contributed by atoms with van der Waals surface area (Å²) in [6.45, 7) is 12.2. The lowest BCUT2D eigenvalue weighted by Crippen LogP contribution is -2.34. The van der Waals surface area contributed by atoms with Gasteiger partial charge in [-0.1, -0.05) is 20.8 Å². The average molecular weight is 470 g/mol. The first-order valence-corrected chi connectivity index (χ1v) is 11.0. The smallest absolute Gasteiger partial charge is 0.416 e. The minimum Gasteiger partial charge on any atom is -0.444 e. The summed E-state index contributed by atoms with van der Waals surface area (Å²) in [5.74, 6) is 0.446. The number of hydrogen-bond acceptors (Lipinski definition) is 4. The molecule has 0 saturated heterocycles. The number of carbonyl (C=O) groups is 1. The maximum Gasteiger partial charge on any atom is 0.416 e. The predicted molar refractivity (Wildman–Crippen MR) is 122 cm³/mol. The van der Waals surface area contributed by atoms with Crippen LogP contribution in [0.4, 0.5) is 18.0 Å². The van der Waals surface area contributed by atoms with Gasteiger partial charge in [0.1, 0.15) is 11.4 Å². The Kier molecular flexibility index (Phi) is 7.86. The average Bonchev–Trinajstić information content (AvgIpc) is 2.64. The number of fused-ring (bicyclic) bond motifs is 1. The highest BCUT2D eigenvalue weighted by Gasteiger charge is 2.31. The van der Waals surface area contributed by atoms with E-state index in [1.807, 2.05) is 20.8 Å². The second-order valence-corrected chi connectivity index (χ2v) is 10.6. The van der Waals surface area contributed by atoms with Gasteiger partial charge in [-0.3, -0.25) is 9.36 Å². The van der Waals surface area contributed by atoms with Gasteiger partial charge in [-0.25, -0.2) is 9.78 Å². The molecule has 6 nitrogen and oxygen atoms in total. The van der Waals surface area contributed by atoms with E-state index in [-0.39, 0.29) is 21.9 Å². The molecule has 0 aliphatic heterocycles. The van der Waals surface area contributed by atoms with Crippen LogP contribution in [0, 0.1) is 5.41 Å². The Hall–Kier alpha value is -2.58. The molecular weight excluding hydrogens is 435 g/mol. The highest BCUT2D eigenvalue weighted by Crippen LogP contribution is 2.30.